The zero-order valence-electron chi connectivity index (χ0n) is 12.2. The van der Waals surface area contributed by atoms with Crippen molar-refractivity contribution in [3.05, 3.63) is 29.8 Å². The SMILES string of the molecule is COc1ccc(CCN2C(=O)C3CCCCN3C2=S)cc1. The second kappa shape index (κ2) is 6.02. The van der Waals surface area contributed by atoms with E-state index >= 15 is 0 Å². The highest BCUT2D eigenvalue weighted by molar-refractivity contribution is 7.80. The Hall–Kier alpha value is -1.62. The second-order valence-corrected chi connectivity index (χ2v) is 5.94. The highest BCUT2D eigenvalue weighted by Crippen LogP contribution is 2.27. The monoisotopic (exact) mass is 304 g/mol. The molecule has 1 amide bonds. The van der Waals surface area contributed by atoms with Crippen LogP contribution in [0.2, 0.25) is 0 Å². The highest BCUT2D eigenvalue weighted by atomic mass is 32.1. The number of thiocarbonyl (C=S) groups is 1. The van der Waals surface area contributed by atoms with Gasteiger partial charge in [-0.1, -0.05) is 12.1 Å². The van der Waals surface area contributed by atoms with E-state index in [0.29, 0.717) is 6.54 Å². The summed E-state index contributed by atoms with van der Waals surface area (Å²) in [4.78, 5) is 16.3. The maximum atomic E-state index is 12.4. The molecule has 1 aromatic rings. The number of methoxy groups -OCH3 is 1. The lowest BCUT2D eigenvalue weighted by atomic mass is 10.0. The Morgan fingerprint density at radius 2 is 2.05 bits per heavy atom. The molecule has 2 fully saturated rings. The molecule has 2 heterocycles. The maximum Gasteiger partial charge on any atom is 0.251 e. The summed E-state index contributed by atoms with van der Waals surface area (Å²) >= 11 is 5.48. The molecule has 1 aromatic carbocycles. The summed E-state index contributed by atoms with van der Waals surface area (Å²) in [5.41, 5.74) is 1.19. The molecule has 112 valence electrons. The van der Waals surface area contributed by atoms with Gasteiger partial charge in [0.1, 0.15) is 11.8 Å². The van der Waals surface area contributed by atoms with E-state index in [0.717, 1.165) is 43.1 Å². The number of benzene rings is 1. The Labute approximate surface area is 130 Å². The van der Waals surface area contributed by atoms with E-state index in [1.807, 2.05) is 24.3 Å². The van der Waals surface area contributed by atoms with Crippen molar-refractivity contribution in [3.63, 3.8) is 0 Å². The van der Waals surface area contributed by atoms with Crippen molar-refractivity contribution >= 4 is 23.2 Å². The van der Waals surface area contributed by atoms with Crippen molar-refractivity contribution < 1.29 is 9.53 Å². The van der Waals surface area contributed by atoms with E-state index in [-0.39, 0.29) is 11.9 Å². The normalized spacial score (nSPS) is 21.7. The van der Waals surface area contributed by atoms with E-state index < -0.39 is 0 Å². The minimum atomic E-state index is 0.00196. The van der Waals surface area contributed by atoms with Crippen LogP contribution in [-0.4, -0.2) is 47.1 Å². The van der Waals surface area contributed by atoms with Gasteiger partial charge < -0.3 is 9.64 Å². The fourth-order valence-electron chi connectivity index (χ4n) is 3.09. The third kappa shape index (κ3) is 2.75. The van der Waals surface area contributed by atoms with Crippen LogP contribution in [0.1, 0.15) is 24.8 Å². The van der Waals surface area contributed by atoms with Crippen molar-refractivity contribution in [2.45, 2.75) is 31.7 Å². The van der Waals surface area contributed by atoms with Crippen molar-refractivity contribution in [1.29, 1.82) is 0 Å². The smallest absolute Gasteiger partial charge is 0.251 e. The summed E-state index contributed by atoms with van der Waals surface area (Å²) in [6, 6.07) is 7.97. The Balaban J connectivity index is 1.64. The van der Waals surface area contributed by atoms with Gasteiger partial charge in [-0.2, -0.15) is 0 Å². The molecule has 2 aliphatic heterocycles. The van der Waals surface area contributed by atoms with Crippen LogP contribution in [0, 0.1) is 0 Å². The molecule has 1 atom stereocenters. The van der Waals surface area contributed by atoms with Gasteiger partial charge in [-0.25, -0.2) is 0 Å². The van der Waals surface area contributed by atoms with E-state index in [1.165, 1.54) is 5.56 Å². The zero-order chi connectivity index (χ0) is 14.8. The second-order valence-electron chi connectivity index (χ2n) is 5.58. The molecule has 0 spiro atoms. The number of carbonyl (C=O) groups excluding carboxylic acids is 1. The summed E-state index contributed by atoms with van der Waals surface area (Å²) in [6.45, 7) is 1.59. The van der Waals surface area contributed by atoms with Gasteiger partial charge in [0, 0.05) is 13.1 Å². The summed E-state index contributed by atoms with van der Waals surface area (Å²) in [6.07, 6.45) is 4.02. The van der Waals surface area contributed by atoms with Crippen LogP contribution in [0.15, 0.2) is 24.3 Å². The Morgan fingerprint density at radius 3 is 2.71 bits per heavy atom. The molecule has 5 heteroatoms. The van der Waals surface area contributed by atoms with Gasteiger partial charge in [0.05, 0.1) is 7.11 Å². The van der Waals surface area contributed by atoms with Crippen LogP contribution in [0.5, 0.6) is 5.75 Å². The van der Waals surface area contributed by atoms with Gasteiger partial charge in [-0.15, -0.1) is 0 Å². The van der Waals surface area contributed by atoms with Gasteiger partial charge in [0.25, 0.3) is 5.91 Å². The first kappa shape index (κ1) is 14.3. The molecule has 2 aliphatic rings. The van der Waals surface area contributed by atoms with Gasteiger partial charge in [-0.3, -0.25) is 9.69 Å². The number of fused-ring (bicyclic) bond motifs is 1. The molecule has 3 rings (SSSR count). The quantitative estimate of drug-likeness (QED) is 0.799. The predicted octanol–water partition coefficient (Wildman–Crippen LogP) is 2.22. The van der Waals surface area contributed by atoms with Gasteiger partial charge in [-0.05, 0) is 55.6 Å². The minimum Gasteiger partial charge on any atom is -0.497 e. The fourth-order valence-corrected chi connectivity index (χ4v) is 3.49. The van der Waals surface area contributed by atoms with E-state index in [9.17, 15) is 4.79 Å². The highest BCUT2D eigenvalue weighted by Gasteiger charge is 2.42. The first-order valence-corrected chi connectivity index (χ1v) is 7.86. The van der Waals surface area contributed by atoms with E-state index in [1.54, 1.807) is 12.0 Å². The topological polar surface area (TPSA) is 32.8 Å². The maximum absolute atomic E-state index is 12.4. The summed E-state index contributed by atoms with van der Waals surface area (Å²) < 4.78 is 5.15. The largest absolute Gasteiger partial charge is 0.497 e. The van der Waals surface area contributed by atoms with Crippen LogP contribution in [0.4, 0.5) is 0 Å². The lowest BCUT2D eigenvalue weighted by molar-refractivity contribution is -0.128. The number of nitrogens with zero attached hydrogens (tertiary/aromatic N) is 2. The number of hydrogen-bond acceptors (Lipinski definition) is 3. The van der Waals surface area contributed by atoms with Crippen LogP contribution < -0.4 is 4.74 Å². The molecule has 4 nitrogen and oxygen atoms in total. The first-order valence-electron chi connectivity index (χ1n) is 7.45. The third-order valence-electron chi connectivity index (χ3n) is 4.31. The number of hydrogen-bond donors (Lipinski definition) is 0. The molecule has 2 saturated heterocycles. The van der Waals surface area contributed by atoms with Gasteiger partial charge >= 0.3 is 0 Å². The molecule has 0 N–H and O–H groups in total. The Morgan fingerprint density at radius 1 is 1.29 bits per heavy atom. The molecule has 1 unspecified atom stereocenters. The van der Waals surface area contributed by atoms with Crippen molar-refractivity contribution in [2.24, 2.45) is 0 Å². The van der Waals surface area contributed by atoms with E-state index in [2.05, 4.69) is 4.90 Å². The van der Waals surface area contributed by atoms with Crippen LogP contribution in [0.25, 0.3) is 0 Å². The molecule has 21 heavy (non-hydrogen) atoms. The molecule has 0 saturated carbocycles. The molecule has 0 aromatic heterocycles. The number of ether oxygens (including phenoxy) is 1. The average Bonchev–Trinajstić information content (AvgIpc) is 2.78. The number of rotatable bonds is 4. The van der Waals surface area contributed by atoms with Gasteiger partial charge in [0.2, 0.25) is 0 Å². The van der Waals surface area contributed by atoms with Crippen LogP contribution in [-0.2, 0) is 11.2 Å². The Bertz CT molecular complexity index is 520. The molecule has 0 aliphatic carbocycles. The van der Waals surface area contributed by atoms with Crippen molar-refractivity contribution in [2.75, 3.05) is 20.2 Å². The van der Waals surface area contributed by atoms with Crippen LogP contribution >= 0.6 is 12.2 Å². The number of amides is 1. The van der Waals surface area contributed by atoms with Crippen molar-refractivity contribution in [1.82, 2.24) is 9.80 Å². The lowest BCUT2D eigenvalue weighted by Crippen LogP contribution is -2.38. The summed E-state index contributed by atoms with van der Waals surface area (Å²) in [5, 5.41) is 0.721. The first-order chi connectivity index (χ1) is 10.2. The average molecular weight is 304 g/mol. The lowest BCUT2D eigenvalue weighted by Gasteiger charge is -2.27. The van der Waals surface area contributed by atoms with Crippen molar-refractivity contribution in [3.8, 4) is 5.75 Å². The van der Waals surface area contributed by atoms with Crippen LogP contribution in [0.3, 0.4) is 0 Å². The molecule has 0 bridgehead atoms. The standard InChI is InChI=1S/C16H20N2O2S/c1-20-13-7-5-12(6-8-13)9-11-18-15(19)14-4-2-3-10-17(14)16(18)21/h5-8,14H,2-4,9-11H2,1H3. The zero-order valence-corrected chi connectivity index (χ0v) is 13.1. The molecular formula is C16H20N2O2S. The summed E-state index contributed by atoms with van der Waals surface area (Å²) in [5.74, 6) is 1.04. The molecular weight excluding hydrogens is 284 g/mol. The van der Waals surface area contributed by atoms with E-state index in [4.69, 9.17) is 17.0 Å². The predicted molar refractivity (Wildman–Crippen MR) is 85.4 cm³/mol. The third-order valence-corrected chi connectivity index (χ3v) is 4.77. The number of piperidine rings is 1. The minimum absolute atomic E-state index is 0.00196. The summed E-state index contributed by atoms with van der Waals surface area (Å²) in [7, 11) is 1.66. The number of carbonyl (C=O) groups is 1. The Kier molecular flexibility index (Phi) is 4.10. The molecule has 0 radical (unpaired) electrons. The fraction of sp³-hybridized carbons (Fsp3) is 0.500. The van der Waals surface area contributed by atoms with Gasteiger partial charge in [0.15, 0.2) is 5.11 Å².